The molecule has 30 heavy (non-hydrogen) atoms. The number of ether oxygens (including phenoxy) is 1. The lowest BCUT2D eigenvalue weighted by atomic mass is 10.1. The van der Waals surface area contributed by atoms with Gasteiger partial charge in [0.2, 0.25) is 0 Å². The molecule has 0 saturated carbocycles. The van der Waals surface area contributed by atoms with Crippen LogP contribution in [0.5, 0.6) is 5.75 Å². The molecule has 1 aromatic heterocycles. The Morgan fingerprint density at radius 2 is 1.80 bits per heavy atom. The van der Waals surface area contributed by atoms with E-state index >= 15 is 0 Å². The van der Waals surface area contributed by atoms with Gasteiger partial charge in [0, 0.05) is 6.20 Å². The number of imidazole rings is 1. The summed E-state index contributed by atoms with van der Waals surface area (Å²) in [6.07, 6.45) is 8.26. The normalized spacial score (nSPS) is 9.97. The van der Waals surface area contributed by atoms with Crippen LogP contribution in [0.3, 0.4) is 0 Å². The predicted octanol–water partition coefficient (Wildman–Crippen LogP) is 3.69. The maximum absolute atomic E-state index is 12.2. The van der Waals surface area contributed by atoms with E-state index in [9.17, 15) is 19.5 Å². The average molecular weight is 419 g/mol. The van der Waals surface area contributed by atoms with Crippen molar-refractivity contribution in [3.8, 4) is 5.75 Å². The van der Waals surface area contributed by atoms with Crippen molar-refractivity contribution >= 4 is 23.7 Å². The number of aromatic hydroxyl groups is 1. The first-order chi connectivity index (χ1) is 14.3. The van der Waals surface area contributed by atoms with Gasteiger partial charge in [0.15, 0.2) is 5.82 Å². The second kappa shape index (κ2) is 13.0. The van der Waals surface area contributed by atoms with E-state index in [4.69, 9.17) is 9.84 Å². The summed E-state index contributed by atoms with van der Waals surface area (Å²) in [4.78, 5) is 38.7. The highest BCUT2D eigenvalue weighted by Gasteiger charge is 2.21. The molecule has 9 nitrogen and oxygen atoms in total. The molecule has 0 radical (unpaired) electrons. The van der Waals surface area contributed by atoms with E-state index in [2.05, 4.69) is 24.1 Å². The fourth-order valence-corrected chi connectivity index (χ4v) is 2.50. The first-order valence-electron chi connectivity index (χ1n) is 9.87. The van der Waals surface area contributed by atoms with Gasteiger partial charge in [0.05, 0.1) is 18.5 Å². The van der Waals surface area contributed by atoms with Crippen LogP contribution in [-0.4, -0.2) is 44.2 Å². The summed E-state index contributed by atoms with van der Waals surface area (Å²) in [5, 5.41) is 21.1. The molecule has 1 heterocycles. The molecule has 0 aliphatic rings. The molecule has 0 bridgehead atoms. The van der Waals surface area contributed by atoms with Crippen LogP contribution in [0.25, 0.3) is 0 Å². The Hall–Kier alpha value is -3.36. The lowest BCUT2D eigenvalue weighted by molar-refractivity contribution is -0.143. The minimum atomic E-state index is -1.42. The number of benzene rings is 1. The second-order valence-corrected chi connectivity index (χ2v) is 6.40. The van der Waals surface area contributed by atoms with Crippen molar-refractivity contribution in [3.63, 3.8) is 0 Å². The van der Waals surface area contributed by atoms with E-state index in [0.717, 1.165) is 0 Å². The summed E-state index contributed by atoms with van der Waals surface area (Å²) >= 11 is 0. The molecule has 0 atom stereocenters. The number of anilines is 1. The summed E-state index contributed by atoms with van der Waals surface area (Å²) in [7, 11) is 0. The zero-order chi connectivity index (χ0) is 22.5. The van der Waals surface area contributed by atoms with Crippen molar-refractivity contribution in [1.29, 1.82) is 0 Å². The first kappa shape index (κ1) is 24.7. The fourth-order valence-electron chi connectivity index (χ4n) is 2.50. The maximum Gasteiger partial charge on any atom is 0.340 e. The Morgan fingerprint density at radius 3 is 2.37 bits per heavy atom. The van der Waals surface area contributed by atoms with E-state index < -0.39 is 29.2 Å². The number of hydrogen-bond acceptors (Lipinski definition) is 6. The van der Waals surface area contributed by atoms with Gasteiger partial charge in [-0.05, 0) is 19.1 Å². The van der Waals surface area contributed by atoms with Crippen LogP contribution in [0, 0.1) is 0 Å². The number of hydrogen-bond donors (Lipinski definition) is 3. The molecule has 0 saturated heterocycles. The Kier molecular flexibility index (Phi) is 10.7. The van der Waals surface area contributed by atoms with Gasteiger partial charge in [-0.2, -0.15) is 0 Å². The molecule has 164 valence electrons. The number of unbranched alkanes of at least 4 members (excludes halogenated alkanes) is 3. The zero-order valence-corrected chi connectivity index (χ0v) is 17.6. The summed E-state index contributed by atoms with van der Waals surface area (Å²) in [5.41, 5.74) is -0.705. The third kappa shape index (κ3) is 7.94. The van der Waals surface area contributed by atoms with Crippen molar-refractivity contribution in [2.45, 2.75) is 53.0 Å². The summed E-state index contributed by atoms with van der Waals surface area (Å²) < 4.78 is 6.20. The number of carbonyl (C=O) groups is 3. The third-order valence-corrected chi connectivity index (χ3v) is 3.95. The number of carboxylic acid groups (broad SMARTS) is 1. The molecule has 0 aliphatic carbocycles. The Morgan fingerprint density at radius 1 is 1.13 bits per heavy atom. The summed E-state index contributed by atoms with van der Waals surface area (Å²) in [6, 6.07) is 3.80. The number of nitrogens with one attached hydrogen (secondary N) is 1. The molecule has 2 aromatic rings. The largest absolute Gasteiger partial charge is 0.507 e. The highest BCUT2D eigenvalue weighted by Crippen LogP contribution is 2.22. The molecule has 0 fully saturated rings. The average Bonchev–Trinajstić information content (AvgIpc) is 3.13. The fraction of sp³-hybridized carbons (Fsp3) is 0.429. The van der Waals surface area contributed by atoms with Gasteiger partial charge in [-0.1, -0.05) is 45.6 Å². The van der Waals surface area contributed by atoms with Crippen LogP contribution in [0.4, 0.5) is 5.82 Å². The van der Waals surface area contributed by atoms with Gasteiger partial charge in [0.1, 0.15) is 17.9 Å². The smallest absolute Gasteiger partial charge is 0.340 e. The standard InChI is InChI=1S/C15H15N3O6.C6H14/c1-2-24-12(20)7-18-6-11(16-8-18)17-14(21)9-4-3-5-10(19)13(9)15(22)23;1-3-5-6-4-2/h3-6,8,19H,2,7H2,1H3,(H,17,21)(H,22,23);3-6H2,1-2H3. The highest BCUT2D eigenvalue weighted by molar-refractivity contribution is 6.11. The molecule has 2 rings (SSSR count). The molecular weight excluding hydrogens is 390 g/mol. The molecule has 0 spiro atoms. The van der Waals surface area contributed by atoms with Crippen LogP contribution in [0.15, 0.2) is 30.7 Å². The van der Waals surface area contributed by atoms with Gasteiger partial charge in [-0.3, -0.25) is 9.59 Å². The number of phenols is 1. The number of rotatable bonds is 9. The quantitative estimate of drug-likeness (QED) is 0.417. The summed E-state index contributed by atoms with van der Waals surface area (Å²) in [6.45, 7) is 6.34. The van der Waals surface area contributed by atoms with Crippen molar-refractivity contribution in [3.05, 3.63) is 41.9 Å². The third-order valence-electron chi connectivity index (χ3n) is 3.95. The van der Waals surface area contributed by atoms with Crippen molar-refractivity contribution < 1.29 is 29.3 Å². The lowest BCUT2D eigenvalue weighted by Crippen LogP contribution is -2.17. The Labute approximate surface area is 175 Å². The van der Waals surface area contributed by atoms with Crippen LogP contribution < -0.4 is 5.32 Å². The first-order valence-corrected chi connectivity index (χ1v) is 9.87. The molecule has 1 amide bonds. The van der Waals surface area contributed by atoms with Crippen molar-refractivity contribution in [1.82, 2.24) is 9.55 Å². The number of aromatic nitrogens is 2. The molecule has 9 heteroatoms. The zero-order valence-electron chi connectivity index (χ0n) is 17.6. The second-order valence-electron chi connectivity index (χ2n) is 6.40. The predicted molar refractivity (Wildman–Crippen MR) is 112 cm³/mol. The van der Waals surface area contributed by atoms with E-state index in [1.807, 2.05) is 0 Å². The number of aromatic carboxylic acids is 1. The van der Waals surface area contributed by atoms with Crippen LogP contribution in [0.2, 0.25) is 0 Å². The molecule has 0 aliphatic heterocycles. The van der Waals surface area contributed by atoms with Crippen molar-refractivity contribution in [2.24, 2.45) is 0 Å². The van der Waals surface area contributed by atoms with Crippen LogP contribution >= 0.6 is 0 Å². The van der Waals surface area contributed by atoms with Crippen LogP contribution in [-0.2, 0) is 16.1 Å². The minimum absolute atomic E-state index is 0.0663. The van der Waals surface area contributed by atoms with E-state index in [-0.39, 0.29) is 24.5 Å². The number of carboxylic acids is 1. The number of esters is 1. The van der Waals surface area contributed by atoms with E-state index in [1.54, 1.807) is 6.92 Å². The summed E-state index contributed by atoms with van der Waals surface area (Å²) in [5.74, 6) is -3.00. The lowest BCUT2D eigenvalue weighted by Gasteiger charge is -2.07. The Balaban J connectivity index is 0.000000656. The highest BCUT2D eigenvalue weighted by atomic mass is 16.5. The number of carbonyl (C=O) groups excluding carboxylic acids is 2. The SMILES string of the molecule is CCCCCC.CCOC(=O)Cn1cnc(NC(=O)c2cccc(O)c2C(=O)O)c1. The molecule has 3 N–H and O–H groups in total. The van der Waals surface area contributed by atoms with E-state index in [0.29, 0.717) is 0 Å². The number of amides is 1. The monoisotopic (exact) mass is 419 g/mol. The topological polar surface area (TPSA) is 131 Å². The van der Waals surface area contributed by atoms with Gasteiger partial charge in [0.25, 0.3) is 5.91 Å². The molecule has 0 unspecified atom stereocenters. The van der Waals surface area contributed by atoms with E-state index in [1.165, 1.54) is 61.0 Å². The Bertz CT molecular complexity index is 843. The molecular formula is C21H29N3O6. The van der Waals surface area contributed by atoms with Crippen molar-refractivity contribution in [2.75, 3.05) is 11.9 Å². The molecule has 1 aromatic carbocycles. The number of nitrogens with zero attached hydrogens (tertiary/aromatic N) is 2. The minimum Gasteiger partial charge on any atom is -0.507 e. The van der Waals surface area contributed by atoms with Gasteiger partial charge >= 0.3 is 11.9 Å². The van der Waals surface area contributed by atoms with Gasteiger partial charge < -0.3 is 24.8 Å². The van der Waals surface area contributed by atoms with Gasteiger partial charge in [-0.25, -0.2) is 9.78 Å². The maximum atomic E-state index is 12.2. The van der Waals surface area contributed by atoms with Crippen LogP contribution in [0.1, 0.15) is 67.2 Å². The van der Waals surface area contributed by atoms with Gasteiger partial charge in [-0.15, -0.1) is 0 Å².